The molecule has 0 saturated carbocycles. The summed E-state index contributed by atoms with van der Waals surface area (Å²) in [4.78, 5) is 10.6. The number of allylic oxidation sites excluding steroid dienone is 1. The molecule has 0 saturated heterocycles. The molecule has 0 aliphatic carbocycles. The zero-order chi connectivity index (χ0) is 7.11. The van der Waals surface area contributed by atoms with Crippen LogP contribution in [0, 0.1) is 0 Å². The summed E-state index contributed by atoms with van der Waals surface area (Å²) in [5, 5.41) is 2.56. The summed E-state index contributed by atoms with van der Waals surface area (Å²) in [6, 6.07) is 0. The van der Waals surface area contributed by atoms with Gasteiger partial charge in [-0.2, -0.15) is 12.6 Å². The molecule has 9 heavy (non-hydrogen) atoms. The summed E-state index contributed by atoms with van der Waals surface area (Å²) in [7, 11) is 0. The Balaban J connectivity index is 3.16. The van der Waals surface area contributed by atoms with E-state index in [9.17, 15) is 4.79 Å². The second kappa shape index (κ2) is 5.69. The number of hydrogen-bond donors (Lipinski definition) is 2. The number of thiol groups is 1. The zero-order valence-electron chi connectivity index (χ0n) is 5.26. The van der Waals surface area contributed by atoms with Crippen LogP contribution in [0.2, 0.25) is 0 Å². The maximum atomic E-state index is 10.6. The van der Waals surface area contributed by atoms with Crippen molar-refractivity contribution in [3.63, 3.8) is 0 Å². The molecule has 1 amide bonds. The summed E-state index contributed by atoms with van der Waals surface area (Å²) < 4.78 is 0. The van der Waals surface area contributed by atoms with Gasteiger partial charge in [0, 0.05) is 6.42 Å². The monoisotopic (exact) mass is 145 g/mol. The van der Waals surface area contributed by atoms with E-state index in [0.717, 1.165) is 6.42 Å². The zero-order valence-corrected chi connectivity index (χ0v) is 6.16. The topological polar surface area (TPSA) is 29.1 Å². The molecule has 0 heterocycles. The average Bonchev–Trinajstić information content (AvgIpc) is 1.85. The van der Waals surface area contributed by atoms with Gasteiger partial charge >= 0.3 is 0 Å². The fourth-order valence-electron chi connectivity index (χ4n) is 0.410. The number of carbonyl (C=O) groups is 1. The van der Waals surface area contributed by atoms with Crippen molar-refractivity contribution < 1.29 is 4.79 Å². The quantitative estimate of drug-likeness (QED) is 0.344. The average molecular weight is 145 g/mol. The van der Waals surface area contributed by atoms with E-state index in [1.807, 2.05) is 0 Å². The van der Waals surface area contributed by atoms with Gasteiger partial charge in [0.2, 0.25) is 5.91 Å². The van der Waals surface area contributed by atoms with Crippen molar-refractivity contribution in [1.29, 1.82) is 0 Å². The first-order valence-corrected chi connectivity index (χ1v) is 3.43. The smallest absolute Gasteiger partial charge is 0.220 e. The molecular weight excluding hydrogens is 134 g/mol. The predicted molar refractivity (Wildman–Crippen MR) is 41.4 cm³/mol. The van der Waals surface area contributed by atoms with Crippen LogP contribution in [0.5, 0.6) is 0 Å². The van der Waals surface area contributed by atoms with Crippen molar-refractivity contribution >= 4 is 18.5 Å². The molecule has 0 rings (SSSR count). The molecule has 0 atom stereocenters. The molecule has 0 spiro atoms. The normalized spacial score (nSPS) is 8.56. The highest BCUT2D eigenvalue weighted by Gasteiger charge is 1.94. The Hall–Kier alpha value is -0.440. The second-order valence-corrected chi connectivity index (χ2v) is 1.90. The van der Waals surface area contributed by atoms with Crippen LogP contribution < -0.4 is 5.32 Å². The van der Waals surface area contributed by atoms with Gasteiger partial charge in [0.05, 0.1) is 5.88 Å². The Labute approximate surface area is 60.7 Å². The largest absolute Gasteiger partial charge is 0.347 e. The van der Waals surface area contributed by atoms with E-state index in [4.69, 9.17) is 0 Å². The van der Waals surface area contributed by atoms with Gasteiger partial charge in [0.15, 0.2) is 0 Å². The number of carbonyl (C=O) groups excluding carboxylic acids is 1. The first-order valence-electron chi connectivity index (χ1n) is 2.79. The maximum Gasteiger partial charge on any atom is 0.220 e. The van der Waals surface area contributed by atoms with Crippen molar-refractivity contribution in [3.8, 4) is 0 Å². The molecule has 2 nitrogen and oxygen atoms in total. The Morgan fingerprint density at radius 3 is 2.89 bits per heavy atom. The van der Waals surface area contributed by atoms with Gasteiger partial charge in [-0.15, -0.1) is 6.58 Å². The lowest BCUT2D eigenvalue weighted by Gasteiger charge is -1.96. The number of nitrogens with one attached hydrogen (secondary N) is 1. The van der Waals surface area contributed by atoms with E-state index in [2.05, 4.69) is 24.5 Å². The van der Waals surface area contributed by atoms with Crippen LogP contribution in [-0.4, -0.2) is 11.8 Å². The van der Waals surface area contributed by atoms with Crippen molar-refractivity contribution in [3.05, 3.63) is 12.7 Å². The standard InChI is InChI=1S/C6H11NOS/c1-2-3-4-6(8)7-5-9/h2,9H,1,3-5H2,(H,7,8). The number of hydrogen-bond acceptors (Lipinski definition) is 2. The summed E-state index contributed by atoms with van der Waals surface area (Å²) in [6.45, 7) is 3.49. The summed E-state index contributed by atoms with van der Waals surface area (Å²) in [5.41, 5.74) is 0. The lowest BCUT2D eigenvalue weighted by Crippen LogP contribution is -2.20. The third-order valence-corrected chi connectivity index (χ3v) is 1.01. The van der Waals surface area contributed by atoms with Crippen molar-refractivity contribution in [2.24, 2.45) is 0 Å². The molecule has 0 aromatic carbocycles. The van der Waals surface area contributed by atoms with Crippen LogP contribution in [0.25, 0.3) is 0 Å². The van der Waals surface area contributed by atoms with Gasteiger partial charge < -0.3 is 5.32 Å². The highest BCUT2D eigenvalue weighted by Crippen LogP contribution is 1.87. The van der Waals surface area contributed by atoms with Crippen LogP contribution in [0.3, 0.4) is 0 Å². The molecule has 0 aromatic heterocycles. The van der Waals surface area contributed by atoms with E-state index in [1.54, 1.807) is 6.08 Å². The van der Waals surface area contributed by atoms with Gasteiger partial charge in [0.1, 0.15) is 0 Å². The van der Waals surface area contributed by atoms with Crippen LogP contribution in [0.15, 0.2) is 12.7 Å². The molecule has 0 aromatic rings. The highest BCUT2D eigenvalue weighted by molar-refractivity contribution is 7.80. The third-order valence-electron chi connectivity index (χ3n) is 0.852. The van der Waals surface area contributed by atoms with Gasteiger partial charge in [-0.1, -0.05) is 6.08 Å². The molecule has 1 N–H and O–H groups in total. The third kappa shape index (κ3) is 5.43. The van der Waals surface area contributed by atoms with E-state index >= 15 is 0 Å². The lowest BCUT2D eigenvalue weighted by atomic mass is 10.3. The Kier molecular flexibility index (Phi) is 5.41. The van der Waals surface area contributed by atoms with Gasteiger partial charge in [-0.25, -0.2) is 0 Å². The van der Waals surface area contributed by atoms with Crippen LogP contribution in [0.4, 0.5) is 0 Å². The summed E-state index contributed by atoms with van der Waals surface area (Å²) >= 11 is 3.82. The minimum absolute atomic E-state index is 0.0323. The molecule has 0 bridgehead atoms. The Morgan fingerprint density at radius 1 is 1.78 bits per heavy atom. The Bertz CT molecular complexity index is 103. The first kappa shape index (κ1) is 8.56. The molecule has 3 heteroatoms. The minimum Gasteiger partial charge on any atom is -0.347 e. The molecule has 0 unspecified atom stereocenters. The predicted octanol–water partition coefficient (Wildman–Crippen LogP) is 0.956. The maximum absolute atomic E-state index is 10.6. The fraction of sp³-hybridized carbons (Fsp3) is 0.500. The molecule has 52 valence electrons. The van der Waals surface area contributed by atoms with E-state index in [-0.39, 0.29) is 5.91 Å². The second-order valence-electron chi connectivity index (χ2n) is 1.59. The minimum atomic E-state index is 0.0323. The van der Waals surface area contributed by atoms with Gasteiger partial charge in [-0.3, -0.25) is 4.79 Å². The Morgan fingerprint density at radius 2 is 2.44 bits per heavy atom. The molecule has 0 aliphatic rings. The summed E-state index contributed by atoms with van der Waals surface area (Å²) in [6.07, 6.45) is 2.97. The molecular formula is C6H11NOS. The number of rotatable bonds is 4. The lowest BCUT2D eigenvalue weighted by molar-refractivity contribution is -0.120. The van der Waals surface area contributed by atoms with Crippen molar-refractivity contribution in [1.82, 2.24) is 5.32 Å². The molecule has 0 radical (unpaired) electrons. The van der Waals surface area contributed by atoms with Crippen molar-refractivity contribution in [2.75, 3.05) is 5.88 Å². The molecule has 0 fully saturated rings. The van der Waals surface area contributed by atoms with Crippen LogP contribution >= 0.6 is 12.6 Å². The first-order chi connectivity index (χ1) is 4.31. The van der Waals surface area contributed by atoms with Crippen LogP contribution in [0.1, 0.15) is 12.8 Å². The van der Waals surface area contributed by atoms with Gasteiger partial charge in [0.25, 0.3) is 0 Å². The highest BCUT2D eigenvalue weighted by atomic mass is 32.1. The van der Waals surface area contributed by atoms with Crippen molar-refractivity contribution in [2.45, 2.75) is 12.8 Å². The van der Waals surface area contributed by atoms with E-state index in [1.165, 1.54) is 0 Å². The molecule has 0 aliphatic heterocycles. The van der Waals surface area contributed by atoms with Gasteiger partial charge in [-0.05, 0) is 6.42 Å². The van der Waals surface area contributed by atoms with Crippen LogP contribution in [-0.2, 0) is 4.79 Å². The van der Waals surface area contributed by atoms with E-state index in [0.29, 0.717) is 12.3 Å². The fourth-order valence-corrected chi connectivity index (χ4v) is 0.586. The summed E-state index contributed by atoms with van der Waals surface area (Å²) in [5.74, 6) is 0.445. The van der Waals surface area contributed by atoms with E-state index < -0.39 is 0 Å². The number of amides is 1. The SMILES string of the molecule is C=CCCC(=O)NCS.